The Morgan fingerprint density at radius 3 is 2.87 bits per heavy atom. The van der Waals surface area contributed by atoms with Crippen LogP contribution in [0.3, 0.4) is 0 Å². The number of aromatic nitrogens is 2. The first-order valence-electron chi connectivity index (χ1n) is 9.27. The number of nitrogens with one attached hydrogen (secondary N) is 1. The number of aromatic amines is 1. The number of ether oxygens (including phenoxy) is 2. The molecule has 4 aromatic rings. The van der Waals surface area contributed by atoms with Gasteiger partial charge in [-0.3, -0.25) is 0 Å². The fourth-order valence-corrected chi connectivity index (χ4v) is 4.02. The number of aliphatic hydroxyl groups is 1. The number of fused-ring (bicyclic) bond motifs is 1. The van der Waals surface area contributed by atoms with Gasteiger partial charge in [0.2, 0.25) is 0 Å². The van der Waals surface area contributed by atoms with Crippen molar-refractivity contribution in [2.24, 2.45) is 0 Å². The Morgan fingerprint density at radius 1 is 1.33 bits per heavy atom. The molecule has 4 rings (SSSR count). The van der Waals surface area contributed by atoms with E-state index in [9.17, 15) is 14.3 Å². The largest absolute Gasteiger partial charge is 0.491 e. The van der Waals surface area contributed by atoms with E-state index in [1.54, 1.807) is 25.1 Å². The summed E-state index contributed by atoms with van der Waals surface area (Å²) < 4.78 is 24.7. The summed E-state index contributed by atoms with van der Waals surface area (Å²) >= 11 is 1.51. The van der Waals surface area contributed by atoms with Crippen LogP contribution in [-0.2, 0) is 4.74 Å². The number of H-pyrrole nitrogens is 1. The minimum atomic E-state index is -1.20. The van der Waals surface area contributed by atoms with Crippen LogP contribution in [0.25, 0.3) is 22.2 Å². The highest BCUT2D eigenvalue weighted by molar-refractivity contribution is 7.08. The lowest BCUT2D eigenvalue weighted by atomic mass is 9.99. The van der Waals surface area contributed by atoms with Crippen LogP contribution in [-0.4, -0.2) is 34.8 Å². The van der Waals surface area contributed by atoms with E-state index >= 15 is 0 Å². The summed E-state index contributed by atoms with van der Waals surface area (Å²) in [6.45, 7) is 2.12. The number of carbonyl (C=O) groups excluding carboxylic acids is 1. The van der Waals surface area contributed by atoms with E-state index in [1.165, 1.54) is 30.6 Å². The summed E-state index contributed by atoms with van der Waals surface area (Å²) in [5, 5.41) is 15.6. The number of esters is 1. The van der Waals surface area contributed by atoms with E-state index < -0.39 is 17.9 Å². The average Bonchev–Trinajstić information content (AvgIpc) is 3.41. The van der Waals surface area contributed by atoms with Gasteiger partial charge in [-0.1, -0.05) is 6.07 Å². The molecule has 0 saturated carbocycles. The third-order valence-electron chi connectivity index (χ3n) is 4.72. The topological polar surface area (TPSA) is 84.4 Å². The van der Waals surface area contributed by atoms with Crippen molar-refractivity contribution in [3.05, 3.63) is 69.9 Å². The van der Waals surface area contributed by atoms with Crippen LogP contribution in [0.5, 0.6) is 5.75 Å². The number of carbonyl (C=O) groups is 1. The Kier molecular flexibility index (Phi) is 5.52. The van der Waals surface area contributed by atoms with Crippen LogP contribution in [0.15, 0.2) is 47.2 Å². The molecule has 0 saturated heterocycles. The SMILES string of the molecule is CCOc1cc2[nH]c(-c3ccsc3)c(C(O)c3cccc(C(=O)OC)n3)c2cc1F. The third kappa shape index (κ3) is 3.55. The van der Waals surface area contributed by atoms with Crippen molar-refractivity contribution in [1.29, 1.82) is 0 Å². The minimum absolute atomic E-state index is 0.0794. The summed E-state index contributed by atoms with van der Waals surface area (Å²) in [6.07, 6.45) is -1.20. The molecule has 3 heterocycles. The highest BCUT2D eigenvalue weighted by atomic mass is 32.1. The molecule has 1 atom stereocenters. The van der Waals surface area contributed by atoms with Crippen LogP contribution in [0.1, 0.15) is 34.8 Å². The van der Waals surface area contributed by atoms with Crippen LogP contribution >= 0.6 is 11.3 Å². The van der Waals surface area contributed by atoms with Gasteiger partial charge in [-0.25, -0.2) is 14.2 Å². The summed E-state index contributed by atoms with van der Waals surface area (Å²) in [6, 6.07) is 9.56. The quantitative estimate of drug-likeness (QED) is 0.437. The van der Waals surface area contributed by atoms with Crippen molar-refractivity contribution in [2.45, 2.75) is 13.0 Å². The number of pyridine rings is 1. The maximum Gasteiger partial charge on any atom is 0.356 e. The molecule has 0 bridgehead atoms. The number of hydrogen-bond acceptors (Lipinski definition) is 6. The molecule has 0 aliphatic rings. The van der Waals surface area contributed by atoms with E-state index in [0.29, 0.717) is 28.8 Å². The molecule has 30 heavy (non-hydrogen) atoms. The first-order valence-corrected chi connectivity index (χ1v) is 10.2. The molecular weight excluding hydrogens is 407 g/mol. The molecule has 0 aliphatic carbocycles. The molecule has 1 unspecified atom stereocenters. The van der Waals surface area contributed by atoms with Gasteiger partial charge in [0.25, 0.3) is 0 Å². The van der Waals surface area contributed by atoms with Crippen molar-refractivity contribution in [3.63, 3.8) is 0 Å². The molecule has 0 amide bonds. The van der Waals surface area contributed by atoms with E-state index in [1.807, 2.05) is 16.8 Å². The standard InChI is InChI=1S/C22H19FN2O4S/c1-3-29-18-10-17-13(9-14(18)23)19(20(25-17)12-7-8-30-11-12)21(26)15-5-4-6-16(24-15)22(27)28-2/h4-11,21,25-26H,3H2,1-2H3. The highest BCUT2D eigenvalue weighted by Crippen LogP contribution is 2.39. The number of rotatable bonds is 6. The van der Waals surface area contributed by atoms with Crippen molar-refractivity contribution in [1.82, 2.24) is 9.97 Å². The molecule has 0 fully saturated rings. The smallest absolute Gasteiger partial charge is 0.356 e. The van der Waals surface area contributed by atoms with Gasteiger partial charge >= 0.3 is 5.97 Å². The van der Waals surface area contributed by atoms with E-state index in [-0.39, 0.29) is 17.1 Å². The molecule has 0 radical (unpaired) electrons. The van der Waals surface area contributed by atoms with Gasteiger partial charge in [-0.15, -0.1) is 0 Å². The summed E-state index contributed by atoms with van der Waals surface area (Å²) in [4.78, 5) is 19.4. The van der Waals surface area contributed by atoms with Gasteiger partial charge < -0.3 is 19.6 Å². The van der Waals surface area contributed by atoms with Crippen LogP contribution in [0.2, 0.25) is 0 Å². The van der Waals surface area contributed by atoms with Crippen molar-refractivity contribution in [2.75, 3.05) is 13.7 Å². The van der Waals surface area contributed by atoms with Crippen molar-refractivity contribution >= 4 is 28.2 Å². The molecule has 3 aromatic heterocycles. The molecule has 1 aromatic carbocycles. The molecule has 8 heteroatoms. The van der Waals surface area contributed by atoms with Crippen LogP contribution in [0, 0.1) is 5.82 Å². The lowest BCUT2D eigenvalue weighted by molar-refractivity contribution is 0.0593. The van der Waals surface area contributed by atoms with Gasteiger partial charge in [0, 0.05) is 28.0 Å². The lowest BCUT2D eigenvalue weighted by Gasteiger charge is -2.13. The molecule has 6 nitrogen and oxygen atoms in total. The van der Waals surface area contributed by atoms with E-state index in [0.717, 1.165) is 5.56 Å². The Balaban J connectivity index is 1.91. The van der Waals surface area contributed by atoms with Gasteiger partial charge in [0.15, 0.2) is 11.6 Å². The number of halogens is 1. The van der Waals surface area contributed by atoms with Crippen molar-refractivity contribution in [3.8, 4) is 17.0 Å². The average molecular weight is 426 g/mol. The fourth-order valence-electron chi connectivity index (χ4n) is 3.37. The zero-order chi connectivity index (χ0) is 21.3. The zero-order valence-corrected chi connectivity index (χ0v) is 17.1. The molecule has 0 spiro atoms. The molecule has 0 aliphatic heterocycles. The predicted octanol–water partition coefficient (Wildman–Crippen LogP) is 4.70. The van der Waals surface area contributed by atoms with Crippen molar-refractivity contribution < 1.29 is 23.8 Å². The Morgan fingerprint density at radius 2 is 2.17 bits per heavy atom. The van der Waals surface area contributed by atoms with Gasteiger partial charge in [-0.05, 0) is 36.6 Å². The Hall–Kier alpha value is -3.23. The molecular formula is C22H19FN2O4S. The lowest BCUT2D eigenvalue weighted by Crippen LogP contribution is -2.09. The molecule has 154 valence electrons. The van der Waals surface area contributed by atoms with Crippen LogP contribution < -0.4 is 4.74 Å². The number of aliphatic hydroxyl groups excluding tert-OH is 1. The first-order chi connectivity index (χ1) is 14.5. The van der Waals surface area contributed by atoms with Gasteiger partial charge in [-0.2, -0.15) is 11.3 Å². The number of methoxy groups -OCH3 is 1. The monoisotopic (exact) mass is 426 g/mol. The number of nitrogens with zero attached hydrogens (tertiary/aromatic N) is 1. The fraction of sp³-hybridized carbons (Fsp3) is 0.182. The minimum Gasteiger partial charge on any atom is -0.491 e. The zero-order valence-electron chi connectivity index (χ0n) is 16.3. The van der Waals surface area contributed by atoms with E-state index in [4.69, 9.17) is 9.47 Å². The number of hydrogen-bond donors (Lipinski definition) is 2. The number of thiophene rings is 1. The predicted molar refractivity (Wildman–Crippen MR) is 112 cm³/mol. The summed E-state index contributed by atoms with van der Waals surface area (Å²) in [5.74, 6) is -0.992. The maximum absolute atomic E-state index is 14.6. The maximum atomic E-state index is 14.6. The van der Waals surface area contributed by atoms with E-state index in [2.05, 4.69) is 9.97 Å². The number of benzene rings is 1. The second-order valence-electron chi connectivity index (χ2n) is 6.53. The second kappa shape index (κ2) is 8.25. The normalized spacial score (nSPS) is 12.1. The Labute approximate surface area is 175 Å². The van der Waals surface area contributed by atoms with Gasteiger partial charge in [0.1, 0.15) is 11.8 Å². The molecule has 2 N–H and O–H groups in total. The highest BCUT2D eigenvalue weighted by Gasteiger charge is 2.25. The van der Waals surface area contributed by atoms with Gasteiger partial charge in [0.05, 0.1) is 30.6 Å². The summed E-state index contributed by atoms with van der Waals surface area (Å²) in [7, 11) is 1.26. The third-order valence-corrected chi connectivity index (χ3v) is 5.40. The Bertz CT molecular complexity index is 1200. The second-order valence-corrected chi connectivity index (χ2v) is 7.31. The van der Waals surface area contributed by atoms with Crippen LogP contribution in [0.4, 0.5) is 4.39 Å². The summed E-state index contributed by atoms with van der Waals surface area (Å²) in [5.41, 5.74) is 2.93. The first kappa shape index (κ1) is 20.1.